The van der Waals surface area contributed by atoms with E-state index in [0.29, 0.717) is 22.6 Å². The monoisotopic (exact) mass is 469 g/mol. The molecule has 0 aliphatic carbocycles. The summed E-state index contributed by atoms with van der Waals surface area (Å²) in [6, 6.07) is 17.3. The molecule has 0 radical (unpaired) electrons. The van der Waals surface area contributed by atoms with Crippen LogP contribution in [-0.4, -0.2) is 33.9 Å². The van der Waals surface area contributed by atoms with Crippen molar-refractivity contribution in [2.45, 2.75) is 6.92 Å². The summed E-state index contributed by atoms with van der Waals surface area (Å²) in [6.07, 6.45) is 0. The molecule has 0 saturated carbocycles. The van der Waals surface area contributed by atoms with Crippen molar-refractivity contribution in [2.24, 2.45) is 0 Å². The van der Waals surface area contributed by atoms with Crippen molar-refractivity contribution in [1.82, 2.24) is 14.9 Å². The second-order valence-electron chi connectivity index (χ2n) is 8.01. The van der Waals surface area contributed by atoms with Crippen molar-refractivity contribution in [3.63, 3.8) is 0 Å². The highest BCUT2D eigenvalue weighted by Crippen LogP contribution is 2.26. The summed E-state index contributed by atoms with van der Waals surface area (Å²) in [4.78, 5) is 66.3. The molecule has 2 heterocycles. The van der Waals surface area contributed by atoms with Gasteiger partial charge in [0.05, 0.1) is 28.8 Å². The number of benzene rings is 3. The SMILES string of the molecule is Cc1ccc(NC(=O)c2ccc3c(=O)n(-c4ccccc4)c(=O)[nH]c3c2)cc1N1C(=O)CNC1=O. The van der Waals surface area contributed by atoms with Crippen LogP contribution in [-0.2, 0) is 4.79 Å². The molecule has 1 aliphatic rings. The minimum Gasteiger partial charge on any atom is -0.328 e. The standard InChI is InChI=1S/C25H19N5O5/c1-14-7-9-16(12-20(14)30-21(31)13-26-24(30)34)27-22(32)15-8-10-18-19(11-15)28-25(35)29(23(18)33)17-5-3-2-4-6-17/h2-12H,13H2,1H3,(H,26,34)(H,27,32)(H,28,35). The van der Waals surface area contributed by atoms with Gasteiger partial charge in [0, 0.05) is 11.3 Å². The van der Waals surface area contributed by atoms with E-state index in [9.17, 15) is 24.0 Å². The number of hydrogen-bond acceptors (Lipinski definition) is 5. The van der Waals surface area contributed by atoms with E-state index < -0.39 is 23.2 Å². The van der Waals surface area contributed by atoms with E-state index in [2.05, 4.69) is 15.6 Å². The van der Waals surface area contributed by atoms with Crippen molar-refractivity contribution in [1.29, 1.82) is 0 Å². The Morgan fingerprint density at radius 2 is 1.71 bits per heavy atom. The van der Waals surface area contributed by atoms with Gasteiger partial charge in [-0.15, -0.1) is 0 Å². The first-order chi connectivity index (χ1) is 16.8. The Balaban J connectivity index is 1.47. The normalized spacial score (nSPS) is 13.2. The van der Waals surface area contributed by atoms with Gasteiger partial charge in [-0.2, -0.15) is 0 Å². The summed E-state index contributed by atoms with van der Waals surface area (Å²) < 4.78 is 1.03. The zero-order chi connectivity index (χ0) is 24.7. The first-order valence-electron chi connectivity index (χ1n) is 10.7. The van der Waals surface area contributed by atoms with Crippen molar-refractivity contribution >= 4 is 40.1 Å². The zero-order valence-electron chi connectivity index (χ0n) is 18.5. The summed E-state index contributed by atoms with van der Waals surface area (Å²) in [5.41, 5.74) is 1.17. The van der Waals surface area contributed by atoms with Crippen LogP contribution in [0.3, 0.4) is 0 Å². The smallest absolute Gasteiger partial charge is 0.328 e. The van der Waals surface area contributed by atoms with Gasteiger partial charge in [-0.25, -0.2) is 19.1 Å². The first kappa shape index (κ1) is 21.8. The molecule has 1 saturated heterocycles. The molecular weight excluding hydrogens is 450 g/mol. The average molecular weight is 469 g/mol. The van der Waals surface area contributed by atoms with Crippen molar-refractivity contribution in [2.75, 3.05) is 16.8 Å². The number of aromatic amines is 1. The number of anilines is 2. The zero-order valence-corrected chi connectivity index (χ0v) is 18.5. The fourth-order valence-electron chi connectivity index (χ4n) is 3.97. The number of aryl methyl sites for hydroxylation is 1. The summed E-state index contributed by atoms with van der Waals surface area (Å²) in [5.74, 6) is -0.881. The van der Waals surface area contributed by atoms with E-state index in [1.807, 2.05) is 0 Å². The molecule has 0 atom stereocenters. The van der Waals surface area contributed by atoms with Gasteiger partial charge in [-0.3, -0.25) is 14.4 Å². The third-order valence-electron chi connectivity index (χ3n) is 5.73. The molecule has 0 unspecified atom stereocenters. The van der Waals surface area contributed by atoms with E-state index in [-0.39, 0.29) is 28.9 Å². The van der Waals surface area contributed by atoms with Gasteiger partial charge >= 0.3 is 11.7 Å². The summed E-state index contributed by atoms with van der Waals surface area (Å²) in [5, 5.41) is 5.44. The Kier molecular flexibility index (Phi) is 5.25. The Morgan fingerprint density at radius 1 is 0.943 bits per heavy atom. The summed E-state index contributed by atoms with van der Waals surface area (Å²) in [6.45, 7) is 1.66. The molecule has 4 aromatic rings. The topological polar surface area (TPSA) is 133 Å². The fourth-order valence-corrected chi connectivity index (χ4v) is 3.97. The van der Waals surface area contributed by atoms with E-state index >= 15 is 0 Å². The number of amides is 4. The van der Waals surface area contributed by atoms with E-state index in [1.165, 1.54) is 24.3 Å². The minimum absolute atomic E-state index is 0.0872. The number of imide groups is 1. The predicted octanol–water partition coefficient (Wildman–Crippen LogP) is 2.30. The third kappa shape index (κ3) is 3.86. The maximum Gasteiger partial charge on any atom is 0.333 e. The molecule has 35 heavy (non-hydrogen) atoms. The lowest BCUT2D eigenvalue weighted by Crippen LogP contribution is -2.33. The molecule has 10 nitrogen and oxygen atoms in total. The van der Waals surface area contributed by atoms with E-state index in [4.69, 9.17) is 0 Å². The maximum absolute atomic E-state index is 12.9. The molecule has 1 aliphatic heterocycles. The number of carbonyl (C=O) groups is 3. The highest BCUT2D eigenvalue weighted by atomic mass is 16.2. The lowest BCUT2D eigenvalue weighted by atomic mass is 10.1. The Hall–Kier alpha value is -4.99. The van der Waals surface area contributed by atoms with Gasteiger partial charge in [-0.05, 0) is 55.0 Å². The number of para-hydroxylation sites is 1. The van der Waals surface area contributed by atoms with Gasteiger partial charge < -0.3 is 15.6 Å². The van der Waals surface area contributed by atoms with Gasteiger partial charge in [0.1, 0.15) is 0 Å². The molecule has 4 amide bonds. The minimum atomic E-state index is -0.622. The van der Waals surface area contributed by atoms with Crippen LogP contribution in [0, 0.1) is 6.92 Å². The van der Waals surface area contributed by atoms with Crippen LogP contribution in [0.25, 0.3) is 16.6 Å². The number of fused-ring (bicyclic) bond motifs is 1. The van der Waals surface area contributed by atoms with Crippen molar-refractivity contribution in [3.05, 3.63) is 98.7 Å². The van der Waals surface area contributed by atoms with Crippen LogP contribution in [0.1, 0.15) is 15.9 Å². The number of urea groups is 1. The number of rotatable bonds is 4. The fraction of sp³-hybridized carbons (Fsp3) is 0.0800. The molecule has 5 rings (SSSR count). The number of nitrogens with zero attached hydrogens (tertiary/aromatic N) is 2. The second-order valence-corrected chi connectivity index (χ2v) is 8.01. The van der Waals surface area contributed by atoms with Crippen LogP contribution in [0.2, 0.25) is 0 Å². The number of hydrogen-bond donors (Lipinski definition) is 3. The van der Waals surface area contributed by atoms with Crippen LogP contribution >= 0.6 is 0 Å². The number of H-pyrrole nitrogens is 1. The van der Waals surface area contributed by atoms with Gasteiger partial charge in [0.15, 0.2) is 0 Å². The van der Waals surface area contributed by atoms with Gasteiger partial charge in [0.2, 0.25) is 0 Å². The maximum atomic E-state index is 12.9. The van der Waals surface area contributed by atoms with Gasteiger partial charge in [0.25, 0.3) is 17.4 Å². The molecule has 3 aromatic carbocycles. The van der Waals surface area contributed by atoms with Crippen molar-refractivity contribution < 1.29 is 14.4 Å². The lowest BCUT2D eigenvalue weighted by molar-refractivity contribution is -0.115. The predicted molar refractivity (Wildman–Crippen MR) is 130 cm³/mol. The molecule has 174 valence electrons. The van der Waals surface area contributed by atoms with Crippen LogP contribution in [0.5, 0.6) is 0 Å². The summed E-state index contributed by atoms with van der Waals surface area (Å²) in [7, 11) is 0. The van der Waals surface area contributed by atoms with Crippen LogP contribution in [0.15, 0.2) is 76.3 Å². The molecule has 0 spiro atoms. The van der Waals surface area contributed by atoms with E-state index in [1.54, 1.807) is 49.4 Å². The molecule has 1 fully saturated rings. The first-order valence-corrected chi connectivity index (χ1v) is 10.7. The average Bonchev–Trinajstić information content (AvgIpc) is 3.18. The molecule has 1 aromatic heterocycles. The molecule has 3 N–H and O–H groups in total. The number of nitrogens with one attached hydrogen (secondary N) is 3. The quantitative estimate of drug-likeness (QED) is 0.395. The Bertz CT molecular complexity index is 1620. The second kappa shape index (κ2) is 8.41. The van der Waals surface area contributed by atoms with Crippen LogP contribution < -0.4 is 26.8 Å². The number of aromatic nitrogens is 2. The molecule has 10 heteroatoms. The highest BCUT2D eigenvalue weighted by molar-refractivity contribution is 6.20. The van der Waals surface area contributed by atoms with Crippen molar-refractivity contribution in [3.8, 4) is 5.69 Å². The third-order valence-corrected chi connectivity index (χ3v) is 5.73. The largest absolute Gasteiger partial charge is 0.333 e. The molecular formula is C25H19N5O5. The molecule has 0 bridgehead atoms. The Morgan fingerprint density at radius 3 is 2.43 bits per heavy atom. The highest BCUT2D eigenvalue weighted by Gasteiger charge is 2.31. The van der Waals surface area contributed by atoms with E-state index in [0.717, 1.165) is 9.47 Å². The van der Waals surface area contributed by atoms with Crippen LogP contribution in [0.4, 0.5) is 16.2 Å². The summed E-state index contributed by atoms with van der Waals surface area (Å²) >= 11 is 0. The number of carbonyl (C=O) groups excluding carboxylic acids is 3. The Labute approximate surface area is 197 Å². The van der Waals surface area contributed by atoms with Gasteiger partial charge in [-0.1, -0.05) is 24.3 Å². The lowest BCUT2D eigenvalue weighted by Gasteiger charge is -2.17.